The summed E-state index contributed by atoms with van der Waals surface area (Å²) in [4.78, 5) is 24.3. The van der Waals surface area contributed by atoms with E-state index in [1.54, 1.807) is 11.9 Å². The molecule has 2 amide bonds. The predicted octanol–water partition coefficient (Wildman–Crippen LogP) is 0.518. The minimum absolute atomic E-state index is 0.151. The second-order valence-electron chi connectivity index (χ2n) is 4.48. The van der Waals surface area contributed by atoms with E-state index in [0.717, 1.165) is 17.7 Å². The van der Waals surface area contributed by atoms with Crippen molar-refractivity contribution in [2.45, 2.75) is 25.7 Å². The molecule has 0 fully saturated rings. The Bertz CT molecular complexity index is 485. The van der Waals surface area contributed by atoms with E-state index >= 15 is 0 Å². The molecule has 18 heavy (non-hydrogen) atoms. The minimum Gasteiger partial charge on any atom is -0.315 e. The van der Waals surface area contributed by atoms with Gasteiger partial charge in [0.05, 0.1) is 0 Å². The zero-order valence-electron chi connectivity index (χ0n) is 10.4. The lowest BCUT2D eigenvalue weighted by Crippen LogP contribution is -2.31. The molecule has 0 aromatic heterocycles. The summed E-state index contributed by atoms with van der Waals surface area (Å²) in [6.07, 6.45) is 2.36. The maximum absolute atomic E-state index is 11.6. The first-order valence-electron chi connectivity index (χ1n) is 5.99. The summed E-state index contributed by atoms with van der Waals surface area (Å²) < 4.78 is 0. The van der Waals surface area contributed by atoms with Crippen LogP contribution in [0.15, 0.2) is 18.2 Å². The van der Waals surface area contributed by atoms with Gasteiger partial charge in [0.2, 0.25) is 11.8 Å². The van der Waals surface area contributed by atoms with E-state index in [9.17, 15) is 9.59 Å². The zero-order valence-corrected chi connectivity index (χ0v) is 10.4. The van der Waals surface area contributed by atoms with Crippen LogP contribution in [-0.2, 0) is 22.4 Å². The minimum atomic E-state index is -0.167. The molecule has 5 heteroatoms. The van der Waals surface area contributed by atoms with Crippen molar-refractivity contribution in [1.82, 2.24) is 5.43 Å². The summed E-state index contributed by atoms with van der Waals surface area (Å²) in [5.74, 6) is 5.02. The summed E-state index contributed by atoms with van der Waals surface area (Å²) in [7, 11) is 1.79. The van der Waals surface area contributed by atoms with E-state index in [0.29, 0.717) is 19.3 Å². The summed E-state index contributed by atoms with van der Waals surface area (Å²) in [5.41, 5.74) is 5.36. The fourth-order valence-corrected chi connectivity index (χ4v) is 2.20. The molecule has 1 aliphatic heterocycles. The third-order valence-electron chi connectivity index (χ3n) is 3.29. The first-order valence-corrected chi connectivity index (χ1v) is 5.99. The zero-order chi connectivity index (χ0) is 13.1. The average Bonchev–Trinajstić information content (AvgIpc) is 2.40. The molecule has 0 radical (unpaired) electrons. The number of hydrazine groups is 1. The maximum atomic E-state index is 11.6. The lowest BCUT2D eigenvalue weighted by molar-refractivity contribution is -0.121. The molecule has 0 atom stereocenters. The van der Waals surface area contributed by atoms with Crippen molar-refractivity contribution in [2.24, 2.45) is 5.84 Å². The average molecular weight is 247 g/mol. The summed E-state index contributed by atoms with van der Waals surface area (Å²) in [5, 5.41) is 0. The number of nitrogens with zero attached hydrogens (tertiary/aromatic N) is 1. The number of rotatable bonds is 3. The number of benzene rings is 1. The van der Waals surface area contributed by atoms with Gasteiger partial charge < -0.3 is 4.90 Å². The van der Waals surface area contributed by atoms with Crippen LogP contribution in [0.4, 0.5) is 5.69 Å². The third kappa shape index (κ3) is 2.51. The number of hydrogen-bond donors (Lipinski definition) is 2. The number of aryl methyl sites for hydroxylation is 2. The van der Waals surface area contributed by atoms with Crippen molar-refractivity contribution >= 4 is 17.5 Å². The Morgan fingerprint density at radius 3 is 2.94 bits per heavy atom. The molecule has 1 aromatic carbocycles. The van der Waals surface area contributed by atoms with Crippen LogP contribution < -0.4 is 16.2 Å². The summed E-state index contributed by atoms with van der Waals surface area (Å²) in [6.45, 7) is 0. The molecular weight excluding hydrogens is 230 g/mol. The normalized spacial score (nSPS) is 14.3. The van der Waals surface area contributed by atoms with E-state index in [2.05, 4.69) is 11.5 Å². The van der Waals surface area contributed by atoms with Gasteiger partial charge in [-0.1, -0.05) is 12.1 Å². The number of carbonyl (C=O) groups is 2. The topological polar surface area (TPSA) is 75.4 Å². The number of amides is 2. The molecule has 0 saturated carbocycles. The summed E-state index contributed by atoms with van der Waals surface area (Å²) >= 11 is 0. The van der Waals surface area contributed by atoms with E-state index < -0.39 is 0 Å². The van der Waals surface area contributed by atoms with Gasteiger partial charge in [-0.3, -0.25) is 15.0 Å². The monoisotopic (exact) mass is 247 g/mol. The lowest BCUT2D eigenvalue weighted by Gasteiger charge is -2.26. The van der Waals surface area contributed by atoms with Crippen LogP contribution in [0.1, 0.15) is 24.0 Å². The number of carbonyl (C=O) groups excluding carboxylic acids is 2. The summed E-state index contributed by atoms with van der Waals surface area (Å²) in [6, 6.07) is 5.97. The number of nitrogens with two attached hydrogens (primary N) is 1. The Hall–Kier alpha value is -1.88. The highest BCUT2D eigenvalue weighted by molar-refractivity contribution is 5.95. The molecule has 0 saturated heterocycles. The second-order valence-corrected chi connectivity index (χ2v) is 4.48. The number of anilines is 1. The molecule has 2 rings (SSSR count). The highest BCUT2D eigenvalue weighted by Crippen LogP contribution is 2.27. The molecule has 1 aromatic rings. The first-order chi connectivity index (χ1) is 8.61. The van der Waals surface area contributed by atoms with Gasteiger partial charge in [-0.15, -0.1) is 0 Å². The standard InChI is InChI=1S/C13H17N3O2/c1-16-11-5-2-9(3-6-12(17)15-14)8-10(11)4-7-13(16)18/h2,5,8H,3-4,6-7,14H2,1H3,(H,15,17). The molecular formula is C13H17N3O2. The van der Waals surface area contributed by atoms with E-state index in [1.807, 2.05) is 12.1 Å². The van der Waals surface area contributed by atoms with Crippen LogP contribution in [0, 0.1) is 0 Å². The van der Waals surface area contributed by atoms with Crippen molar-refractivity contribution in [2.75, 3.05) is 11.9 Å². The van der Waals surface area contributed by atoms with E-state index in [-0.39, 0.29) is 11.8 Å². The Labute approximate surface area is 106 Å². The first kappa shape index (κ1) is 12.6. The molecule has 5 nitrogen and oxygen atoms in total. The molecule has 1 heterocycles. The van der Waals surface area contributed by atoms with Gasteiger partial charge in [-0.05, 0) is 30.0 Å². The number of hydrogen-bond acceptors (Lipinski definition) is 3. The Balaban J connectivity index is 2.13. The van der Waals surface area contributed by atoms with Gasteiger partial charge in [0.1, 0.15) is 0 Å². The maximum Gasteiger partial charge on any atom is 0.234 e. The quantitative estimate of drug-likeness (QED) is 0.464. The van der Waals surface area contributed by atoms with Crippen molar-refractivity contribution < 1.29 is 9.59 Å². The van der Waals surface area contributed by atoms with Gasteiger partial charge in [-0.25, -0.2) is 5.84 Å². The van der Waals surface area contributed by atoms with Crippen LogP contribution in [0.5, 0.6) is 0 Å². The van der Waals surface area contributed by atoms with E-state index in [4.69, 9.17) is 5.84 Å². The molecule has 0 spiro atoms. The van der Waals surface area contributed by atoms with Gasteiger partial charge in [0.15, 0.2) is 0 Å². The number of fused-ring (bicyclic) bond motifs is 1. The van der Waals surface area contributed by atoms with Gasteiger partial charge >= 0.3 is 0 Å². The Morgan fingerprint density at radius 2 is 2.22 bits per heavy atom. The van der Waals surface area contributed by atoms with Crippen LogP contribution in [0.25, 0.3) is 0 Å². The lowest BCUT2D eigenvalue weighted by atomic mass is 9.97. The van der Waals surface area contributed by atoms with Crippen molar-refractivity contribution in [3.63, 3.8) is 0 Å². The van der Waals surface area contributed by atoms with E-state index in [1.165, 1.54) is 5.56 Å². The highest BCUT2D eigenvalue weighted by atomic mass is 16.2. The van der Waals surface area contributed by atoms with Crippen molar-refractivity contribution in [3.8, 4) is 0 Å². The van der Waals surface area contributed by atoms with Gasteiger partial charge in [0.25, 0.3) is 0 Å². The third-order valence-corrected chi connectivity index (χ3v) is 3.29. The largest absolute Gasteiger partial charge is 0.315 e. The molecule has 96 valence electrons. The SMILES string of the molecule is CN1C(=O)CCc2cc(CCC(=O)NN)ccc21. The van der Waals surface area contributed by atoms with Gasteiger partial charge in [-0.2, -0.15) is 0 Å². The fraction of sp³-hybridized carbons (Fsp3) is 0.385. The van der Waals surface area contributed by atoms with Crippen LogP contribution >= 0.6 is 0 Å². The van der Waals surface area contributed by atoms with Crippen LogP contribution in [0.3, 0.4) is 0 Å². The van der Waals surface area contributed by atoms with Crippen molar-refractivity contribution in [3.05, 3.63) is 29.3 Å². The molecule has 0 aliphatic carbocycles. The van der Waals surface area contributed by atoms with Crippen LogP contribution in [-0.4, -0.2) is 18.9 Å². The highest BCUT2D eigenvalue weighted by Gasteiger charge is 2.20. The predicted molar refractivity (Wildman–Crippen MR) is 68.8 cm³/mol. The Morgan fingerprint density at radius 1 is 1.44 bits per heavy atom. The smallest absolute Gasteiger partial charge is 0.234 e. The Kier molecular flexibility index (Phi) is 3.62. The second kappa shape index (κ2) is 5.18. The fourth-order valence-electron chi connectivity index (χ4n) is 2.20. The molecule has 1 aliphatic rings. The van der Waals surface area contributed by atoms with Crippen molar-refractivity contribution in [1.29, 1.82) is 0 Å². The molecule has 0 unspecified atom stereocenters. The molecule has 0 bridgehead atoms. The van der Waals surface area contributed by atoms with Crippen LogP contribution in [0.2, 0.25) is 0 Å². The number of nitrogens with one attached hydrogen (secondary N) is 1. The molecule has 3 N–H and O–H groups in total. The van der Waals surface area contributed by atoms with Gasteiger partial charge in [0, 0.05) is 25.6 Å².